The Morgan fingerprint density at radius 3 is 2.62 bits per heavy atom. The fraction of sp³-hybridized carbons (Fsp3) is 0.400. The summed E-state index contributed by atoms with van der Waals surface area (Å²) in [7, 11) is 0. The van der Waals surface area contributed by atoms with E-state index in [0.717, 1.165) is 18.2 Å². The van der Waals surface area contributed by atoms with Crippen LogP contribution in [-0.4, -0.2) is 6.54 Å². The van der Waals surface area contributed by atoms with E-state index in [0.29, 0.717) is 12.5 Å². The Balaban J connectivity index is 2.70. The molecule has 0 bridgehead atoms. The van der Waals surface area contributed by atoms with Gasteiger partial charge in [0.05, 0.1) is 5.69 Å². The first kappa shape index (κ1) is 9.96. The van der Waals surface area contributed by atoms with E-state index >= 15 is 0 Å². The Labute approximate surface area is 76.8 Å². The van der Waals surface area contributed by atoms with Crippen LogP contribution < -0.4 is 5.32 Å². The van der Waals surface area contributed by atoms with Crippen molar-refractivity contribution >= 4 is 5.69 Å². The van der Waals surface area contributed by atoms with E-state index in [1.165, 1.54) is 0 Å². The highest BCUT2D eigenvalue weighted by molar-refractivity contribution is 5.44. The van der Waals surface area contributed by atoms with Crippen molar-refractivity contribution in [3.05, 3.63) is 29.8 Å². The average molecular weight is 185 g/mol. The standard InChI is InChI=1S/C10H13F2N/c1-7(2)6-13-10-5-8(11)3-4-9(10)12/h3-5,7,13H,6H2,1-2H3. The molecule has 0 unspecified atom stereocenters. The van der Waals surface area contributed by atoms with Gasteiger partial charge in [0.1, 0.15) is 11.6 Å². The summed E-state index contributed by atoms with van der Waals surface area (Å²) >= 11 is 0. The number of benzene rings is 1. The van der Waals surface area contributed by atoms with Gasteiger partial charge in [0.15, 0.2) is 0 Å². The Hall–Kier alpha value is -1.12. The van der Waals surface area contributed by atoms with Gasteiger partial charge in [-0.15, -0.1) is 0 Å². The number of halogens is 2. The fourth-order valence-electron chi connectivity index (χ4n) is 0.947. The highest BCUT2D eigenvalue weighted by Crippen LogP contribution is 2.15. The lowest BCUT2D eigenvalue weighted by atomic mass is 10.2. The van der Waals surface area contributed by atoms with E-state index in [4.69, 9.17) is 0 Å². The highest BCUT2D eigenvalue weighted by Gasteiger charge is 2.03. The quantitative estimate of drug-likeness (QED) is 0.763. The van der Waals surface area contributed by atoms with E-state index in [1.807, 2.05) is 13.8 Å². The molecule has 1 rings (SSSR count). The van der Waals surface area contributed by atoms with Gasteiger partial charge in [-0.3, -0.25) is 0 Å². The first-order valence-corrected chi connectivity index (χ1v) is 4.28. The van der Waals surface area contributed by atoms with Crippen LogP contribution in [0.2, 0.25) is 0 Å². The number of hydrogen-bond donors (Lipinski definition) is 1. The molecule has 1 N–H and O–H groups in total. The van der Waals surface area contributed by atoms with Crippen molar-refractivity contribution in [1.82, 2.24) is 0 Å². The third-order valence-electron chi connectivity index (χ3n) is 1.63. The zero-order valence-electron chi connectivity index (χ0n) is 7.77. The van der Waals surface area contributed by atoms with Crippen molar-refractivity contribution in [2.24, 2.45) is 5.92 Å². The Morgan fingerprint density at radius 2 is 2.00 bits per heavy atom. The minimum Gasteiger partial charge on any atom is -0.382 e. The van der Waals surface area contributed by atoms with Crippen LogP contribution >= 0.6 is 0 Å². The van der Waals surface area contributed by atoms with Gasteiger partial charge < -0.3 is 5.32 Å². The molecule has 0 spiro atoms. The molecule has 0 aliphatic carbocycles. The molecule has 0 saturated heterocycles. The van der Waals surface area contributed by atoms with E-state index in [2.05, 4.69) is 5.32 Å². The molecule has 3 heteroatoms. The molecule has 1 aromatic carbocycles. The molecule has 0 fully saturated rings. The lowest BCUT2D eigenvalue weighted by molar-refractivity contribution is 0.599. The second-order valence-corrected chi connectivity index (χ2v) is 3.40. The smallest absolute Gasteiger partial charge is 0.146 e. The molecule has 1 nitrogen and oxygen atoms in total. The molecule has 0 aromatic heterocycles. The van der Waals surface area contributed by atoms with Crippen LogP contribution in [0.15, 0.2) is 18.2 Å². The lowest BCUT2D eigenvalue weighted by Gasteiger charge is -2.09. The van der Waals surface area contributed by atoms with Crippen molar-refractivity contribution in [1.29, 1.82) is 0 Å². The average Bonchev–Trinajstić information content (AvgIpc) is 2.06. The normalized spacial score (nSPS) is 10.5. The van der Waals surface area contributed by atoms with Crippen molar-refractivity contribution in [2.45, 2.75) is 13.8 Å². The fourth-order valence-corrected chi connectivity index (χ4v) is 0.947. The molecule has 0 atom stereocenters. The summed E-state index contributed by atoms with van der Waals surface area (Å²) < 4.78 is 25.7. The first-order chi connectivity index (χ1) is 6.09. The van der Waals surface area contributed by atoms with Crippen LogP contribution in [0.4, 0.5) is 14.5 Å². The molecule has 13 heavy (non-hydrogen) atoms. The van der Waals surface area contributed by atoms with Crippen LogP contribution in [0.25, 0.3) is 0 Å². The molecule has 0 radical (unpaired) electrons. The predicted octanol–water partition coefficient (Wildman–Crippen LogP) is 3.03. The molecular weight excluding hydrogens is 172 g/mol. The Morgan fingerprint density at radius 1 is 1.31 bits per heavy atom. The summed E-state index contributed by atoms with van der Waals surface area (Å²) in [6.45, 7) is 4.65. The van der Waals surface area contributed by atoms with Crippen molar-refractivity contribution in [2.75, 3.05) is 11.9 Å². The predicted molar refractivity (Wildman–Crippen MR) is 49.7 cm³/mol. The zero-order valence-corrected chi connectivity index (χ0v) is 7.77. The van der Waals surface area contributed by atoms with Gasteiger partial charge in [-0.05, 0) is 24.1 Å². The van der Waals surface area contributed by atoms with Crippen LogP contribution in [0.5, 0.6) is 0 Å². The maximum Gasteiger partial charge on any atom is 0.146 e. The molecule has 0 heterocycles. The molecule has 0 amide bonds. The molecular formula is C10H13F2N. The minimum atomic E-state index is -0.423. The maximum absolute atomic E-state index is 13.0. The summed E-state index contributed by atoms with van der Waals surface area (Å²) in [5.41, 5.74) is 0.230. The largest absolute Gasteiger partial charge is 0.382 e. The van der Waals surface area contributed by atoms with Crippen molar-refractivity contribution in [3.63, 3.8) is 0 Å². The van der Waals surface area contributed by atoms with Gasteiger partial charge in [0.25, 0.3) is 0 Å². The van der Waals surface area contributed by atoms with Crippen LogP contribution in [0, 0.1) is 17.6 Å². The molecule has 1 aromatic rings. The van der Waals surface area contributed by atoms with Gasteiger partial charge in [-0.2, -0.15) is 0 Å². The molecule has 0 aliphatic heterocycles. The first-order valence-electron chi connectivity index (χ1n) is 4.28. The second kappa shape index (κ2) is 4.21. The van der Waals surface area contributed by atoms with Gasteiger partial charge in [-0.25, -0.2) is 8.78 Å². The van der Waals surface area contributed by atoms with Crippen LogP contribution in [0.3, 0.4) is 0 Å². The van der Waals surface area contributed by atoms with Gasteiger partial charge in [0.2, 0.25) is 0 Å². The number of rotatable bonds is 3. The second-order valence-electron chi connectivity index (χ2n) is 3.40. The third-order valence-corrected chi connectivity index (χ3v) is 1.63. The summed E-state index contributed by atoms with van der Waals surface area (Å²) in [6, 6.07) is 3.39. The number of nitrogens with one attached hydrogen (secondary N) is 1. The summed E-state index contributed by atoms with van der Waals surface area (Å²) in [4.78, 5) is 0. The molecule has 0 saturated carbocycles. The molecule has 0 aliphatic rings. The van der Waals surface area contributed by atoms with Gasteiger partial charge >= 0.3 is 0 Å². The van der Waals surface area contributed by atoms with E-state index in [-0.39, 0.29) is 5.69 Å². The minimum absolute atomic E-state index is 0.230. The van der Waals surface area contributed by atoms with E-state index in [1.54, 1.807) is 0 Å². The zero-order chi connectivity index (χ0) is 9.84. The number of anilines is 1. The topological polar surface area (TPSA) is 12.0 Å². The van der Waals surface area contributed by atoms with Crippen LogP contribution in [-0.2, 0) is 0 Å². The molecule has 72 valence electrons. The van der Waals surface area contributed by atoms with Crippen molar-refractivity contribution < 1.29 is 8.78 Å². The van der Waals surface area contributed by atoms with Gasteiger partial charge in [-0.1, -0.05) is 13.8 Å². The third kappa shape index (κ3) is 3.01. The SMILES string of the molecule is CC(C)CNc1cc(F)ccc1F. The van der Waals surface area contributed by atoms with Gasteiger partial charge in [0, 0.05) is 6.54 Å². The summed E-state index contributed by atoms with van der Waals surface area (Å²) in [5, 5.41) is 2.84. The summed E-state index contributed by atoms with van der Waals surface area (Å²) in [6.07, 6.45) is 0. The lowest BCUT2D eigenvalue weighted by Crippen LogP contribution is -2.09. The van der Waals surface area contributed by atoms with Crippen molar-refractivity contribution in [3.8, 4) is 0 Å². The highest BCUT2D eigenvalue weighted by atomic mass is 19.1. The van der Waals surface area contributed by atoms with E-state index in [9.17, 15) is 8.78 Å². The number of hydrogen-bond acceptors (Lipinski definition) is 1. The monoisotopic (exact) mass is 185 g/mol. The van der Waals surface area contributed by atoms with E-state index < -0.39 is 11.6 Å². The Kier molecular flexibility index (Phi) is 3.23. The maximum atomic E-state index is 13.0. The van der Waals surface area contributed by atoms with Crippen LogP contribution in [0.1, 0.15) is 13.8 Å². The Bertz CT molecular complexity index is 284. The summed E-state index contributed by atoms with van der Waals surface area (Å²) in [5.74, 6) is -0.433.